The van der Waals surface area contributed by atoms with E-state index in [-0.39, 0.29) is 11.9 Å². The first kappa shape index (κ1) is 16.3. The zero-order valence-electron chi connectivity index (χ0n) is 14.9. The zero-order chi connectivity index (χ0) is 18.3. The minimum Gasteiger partial charge on any atom is -0.493 e. The van der Waals surface area contributed by atoms with E-state index in [1.807, 2.05) is 73.3 Å². The Morgan fingerprint density at radius 2 is 2.00 bits per heavy atom. The molecule has 0 spiro atoms. The van der Waals surface area contributed by atoms with Crippen molar-refractivity contribution in [1.29, 1.82) is 0 Å². The number of nitrogens with zero attached hydrogens (tertiary/aromatic N) is 1. The van der Waals surface area contributed by atoms with Crippen molar-refractivity contribution in [2.75, 3.05) is 7.11 Å². The van der Waals surface area contributed by atoms with Gasteiger partial charge in [0, 0.05) is 29.5 Å². The zero-order valence-corrected chi connectivity index (χ0v) is 14.9. The van der Waals surface area contributed by atoms with Crippen LogP contribution < -0.4 is 10.1 Å². The van der Waals surface area contributed by atoms with Crippen molar-refractivity contribution in [2.45, 2.75) is 13.0 Å². The maximum absolute atomic E-state index is 12.8. The minimum absolute atomic E-state index is 0.123. The quantitative estimate of drug-likeness (QED) is 0.594. The van der Waals surface area contributed by atoms with E-state index >= 15 is 0 Å². The van der Waals surface area contributed by atoms with Crippen molar-refractivity contribution >= 4 is 27.8 Å². The van der Waals surface area contributed by atoms with Crippen LogP contribution in [0.5, 0.6) is 5.75 Å². The molecule has 26 heavy (non-hydrogen) atoms. The molecule has 0 bridgehead atoms. The number of amides is 1. The molecule has 132 valence electrons. The highest BCUT2D eigenvalue weighted by molar-refractivity contribution is 6.07. The van der Waals surface area contributed by atoms with E-state index in [0.717, 1.165) is 16.3 Å². The highest BCUT2D eigenvalue weighted by Crippen LogP contribution is 2.31. The summed E-state index contributed by atoms with van der Waals surface area (Å²) in [6.45, 7) is 1.91. The van der Waals surface area contributed by atoms with Gasteiger partial charge < -0.3 is 19.0 Å². The van der Waals surface area contributed by atoms with E-state index < -0.39 is 0 Å². The first-order valence-electron chi connectivity index (χ1n) is 8.50. The van der Waals surface area contributed by atoms with Crippen molar-refractivity contribution in [3.63, 3.8) is 0 Å². The number of furan rings is 1. The van der Waals surface area contributed by atoms with Crippen LogP contribution in [0.2, 0.25) is 0 Å². The molecule has 0 fully saturated rings. The lowest BCUT2D eigenvalue weighted by Crippen LogP contribution is -2.26. The number of ether oxygens (including phenoxy) is 1. The van der Waals surface area contributed by atoms with Crippen molar-refractivity contribution in [3.05, 3.63) is 66.1 Å². The van der Waals surface area contributed by atoms with Gasteiger partial charge in [-0.1, -0.05) is 30.3 Å². The van der Waals surface area contributed by atoms with Crippen molar-refractivity contribution in [3.8, 4) is 5.75 Å². The molecule has 5 heteroatoms. The molecule has 4 aromatic rings. The molecule has 0 unspecified atom stereocenters. The summed E-state index contributed by atoms with van der Waals surface area (Å²) in [5.74, 6) is 1.25. The topological polar surface area (TPSA) is 56.4 Å². The first-order valence-corrected chi connectivity index (χ1v) is 8.50. The summed E-state index contributed by atoms with van der Waals surface area (Å²) in [6, 6.07) is 15.3. The molecule has 2 aromatic heterocycles. The summed E-state index contributed by atoms with van der Waals surface area (Å²) in [5.41, 5.74) is 2.37. The minimum atomic E-state index is -0.265. The number of carbonyl (C=O) groups excluding carboxylic acids is 1. The summed E-state index contributed by atoms with van der Waals surface area (Å²) in [6.07, 6.45) is 1.86. The van der Waals surface area contributed by atoms with E-state index in [1.54, 1.807) is 7.11 Å². The van der Waals surface area contributed by atoms with Crippen LogP contribution in [0.4, 0.5) is 0 Å². The average molecular weight is 348 g/mol. The number of fused-ring (bicyclic) bond motifs is 2. The van der Waals surface area contributed by atoms with Crippen LogP contribution in [0.25, 0.3) is 21.9 Å². The van der Waals surface area contributed by atoms with E-state index in [1.165, 1.54) is 0 Å². The average Bonchev–Trinajstić information content (AvgIpc) is 3.23. The number of aromatic nitrogens is 1. The molecule has 5 nitrogen and oxygen atoms in total. The summed E-state index contributed by atoms with van der Waals surface area (Å²) in [7, 11) is 3.55. The van der Waals surface area contributed by atoms with Gasteiger partial charge in [0.1, 0.15) is 5.76 Å². The molecule has 0 saturated heterocycles. The van der Waals surface area contributed by atoms with Gasteiger partial charge in [-0.2, -0.15) is 0 Å². The van der Waals surface area contributed by atoms with Crippen molar-refractivity contribution in [1.82, 2.24) is 9.88 Å². The fourth-order valence-corrected chi connectivity index (χ4v) is 3.30. The molecule has 0 aliphatic carbocycles. The molecular formula is C21H20N2O3. The Morgan fingerprint density at radius 3 is 2.81 bits per heavy atom. The second-order valence-corrected chi connectivity index (χ2v) is 6.39. The van der Waals surface area contributed by atoms with Gasteiger partial charge in [0.25, 0.3) is 5.91 Å². The third-order valence-electron chi connectivity index (χ3n) is 4.66. The van der Waals surface area contributed by atoms with Crippen molar-refractivity contribution in [2.24, 2.45) is 7.05 Å². The van der Waals surface area contributed by atoms with Crippen molar-refractivity contribution < 1.29 is 13.9 Å². The Hall–Kier alpha value is -3.21. The lowest BCUT2D eigenvalue weighted by Gasteiger charge is -2.11. The van der Waals surface area contributed by atoms with Gasteiger partial charge in [-0.25, -0.2) is 0 Å². The predicted molar refractivity (Wildman–Crippen MR) is 102 cm³/mol. The number of benzene rings is 2. The molecule has 2 heterocycles. The molecule has 1 amide bonds. The number of carbonyl (C=O) groups is 1. The van der Waals surface area contributed by atoms with Crippen LogP contribution in [0.3, 0.4) is 0 Å². The normalized spacial score (nSPS) is 12.4. The Kier molecular flexibility index (Phi) is 3.92. The summed E-state index contributed by atoms with van der Waals surface area (Å²) >= 11 is 0. The Bertz CT molecular complexity index is 1110. The van der Waals surface area contributed by atoms with Gasteiger partial charge in [0.15, 0.2) is 11.3 Å². The number of methoxy groups -OCH3 is 1. The molecule has 0 aliphatic rings. The standard InChI is InChI=1S/C21H20N2O3/c1-13(19-11-14-7-6-10-18(25-3)20(14)26-19)22-21(24)16-12-23(2)17-9-5-4-8-15(16)17/h4-13H,1-3H3,(H,22,24)/t13-/m1/s1. The first-order chi connectivity index (χ1) is 12.6. The monoisotopic (exact) mass is 348 g/mol. The summed E-state index contributed by atoms with van der Waals surface area (Å²) < 4.78 is 13.2. The maximum Gasteiger partial charge on any atom is 0.254 e. The molecular weight excluding hydrogens is 328 g/mol. The van der Waals surface area contributed by atoms with E-state index in [4.69, 9.17) is 9.15 Å². The third kappa shape index (κ3) is 2.62. The van der Waals surface area contributed by atoms with Gasteiger partial charge in [0.2, 0.25) is 0 Å². The van der Waals surface area contributed by atoms with Crippen LogP contribution in [0, 0.1) is 0 Å². The number of rotatable bonds is 4. The number of aryl methyl sites for hydroxylation is 1. The summed E-state index contributed by atoms with van der Waals surface area (Å²) in [5, 5.41) is 4.92. The number of hydrogen-bond donors (Lipinski definition) is 1. The van der Waals surface area contributed by atoms with Crippen LogP contribution in [-0.4, -0.2) is 17.6 Å². The Labute approximate surface area is 151 Å². The molecule has 0 aliphatic heterocycles. The second-order valence-electron chi connectivity index (χ2n) is 6.39. The van der Waals surface area contributed by atoms with Crippen LogP contribution >= 0.6 is 0 Å². The van der Waals surface area contributed by atoms with E-state index in [9.17, 15) is 4.79 Å². The smallest absolute Gasteiger partial charge is 0.254 e. The number of hydrogen-bond acceptors (Lipinski definition) is 3. The highest BCUT2D eigenvalue weighted by atomic mass is 16.5. The fraction of sp³-hybridized carbons (Fsp3) is 0.190. The van der Waals surface area contributed by atoms with Gasteiger partial charge in [-0.15, -0.1) is 0 Å². The number of nitrogens with one attached hydrogen (secondary N) is 1. The lowest BCUT2D eigenvalue weighted by atomic mass is 10.1. The summed E-state index contributed by atoms with van der Waals surface area (Å²) in [4.78, 5) is 12.8. The Morgan fingerprint density at radius 1 is 1.19 bits per heavy atom. The molecule has 1 atom stereocenters. The third-order valence-corrected chi connectivity index (χ3v) is 4.66. The molecule has 2 aromatic carbocycles. The van der Waals surface area contributed by atoms with Crippen LogP contribution in [-0.2, 0) is 7.05 Å². The van der Waals surface area contributed by atoms with Gasteiger partial charge >= 0.3 is 0 Å². The van der Waals surface area contributed by atoms with E-state index in [0.29, 0.717) is 22.7 Å². The Balaban J connectivity index is 1.63. The van der Waals surface area contributed by atoms with E-state index in [2.05, 4.69) is 5.32 Å². The van der Waals surface area contributed by atoms with Gasteiger partial charge in [-0.05, 0) is 25.1 Å². The largest absolute Gasteiger partial charge is 0.493 e. The highest BCUT2D eigenvalue weighted by Gasteiger charge is 2.19. The maximum atomic E-state index is 12.8. The molecule has 1 N–H and O–H groups in total. The van der Waals surface area contributed by atoms with Gasteiger partial charge in [-0.3, -0.25) is 4.79 Å². The number of para-hydroxylation sites is 2. The fourth-order valence-electron chi connectivity index (χ4n) is 3.30. The molecule has 0 saturated carbocycles. The second kappa shape index (κ2) is 6.26. The lowest BCUT2D eigenvalue weighted by molar-refractivity contribution is 0.0937. The van der Waals surface area contributed by atoms with Crippen LogP contribution in [0.15, 0.2) is 59.1 Å². The molecule has 0 radical (unpaired) electrons. The van der Waals surface area contributed by atoms with Crippen LogP contribution in [0.1, 0.15) is 29.1 Å². The predicted octanol–water partition coefficient (Wildman–Crippen LogP) is 4.42. The van der Waals surface area contributed by atoms with Gasteiger partial charge in [0.05, 0.1) is 18.7 Å². The SMILES string of the molecule is COc1cccc2cc([C@@H](C)NC(=O)c3cn(C)c4ccccc34)oc12. The molecule has 4 rings (SSSR count).